The smallest absolute Gasteiger partial charge is 0.272 e. The molecule has 4 aliphatic heterocycles. The Balaban J connectivity index is 1.26. The first-order chi connectivity index (χ1) is 15.5. The SMILES string of the molecule is B[C@@H]1O[C@H](COP(=S)(S)CP(=S)(S)OC[C@@H]2O[C@H](B)C3OC(OC)O[C@@H]32)C2OC(OC)O[C@@H]21. The molecule has 0 saturated carbocycles. The zero-order chi connectivity index (χ0) is 24.0. The number of thiol groups is 2. The molecule has 4 saturated heterocycles. The Bertz CT molecular complexity index is 742. The second kappa shape index (κ2) is 11.2. The van der Waals surface area contributed by atoms with Gasteiger partial charge in [-0.2, -0.15) is 0 Å². The average molecular weight is 580 g/mol. The van der Waals surface area contributed by atoms with Crippen LogP contribution < -0.4 is 0 Å². The minimum Gasteiger partial charge on any atom is -0.376 e. The summed E-state index contributed by atoms with van der Waals surface area (Å²) in [6.45, 7) is -1.02. The molecular weight excluding hydrogens is 552 g/mol. The van der Waals surface area contributed by atoms with E-state index in [0.717, 1.165) is 0 Å². The third-order valence-corrected chi connectivity index (χ3v) is 15.4. The molecule has 12 atom stereocenters. The number of hydrogen-bond acceptors (Lipinski definition) is 12. The zero-order valence-corrected chi connectivity index (χ0v) is 23.8. The van der Waals surface area contributed by atoms with Crippen LogP contribution in [0.2, 0.25) is 0 Å². The first-order valence-electron chi connectivity index (χ1n) is 10.4. The van der Waals surface area contributed by atoms with Crippen LogP contribution in [0.3, 0.4) is 0 Å². The van der Waals surface area contributed by atoms with E-state index in [9.17, 15) is 0 Å². The van der Waals surface area contributed by atoms with E-state index in [1.165, 1.54) is 14.2 Å². The van der Waals surface area contributed by atoms with Gasteiger partial charge in [0.2, 0.25) is 0 Å². The van der Waals surface area contributed by atoms with Gasteiger partial charge in [-0.05, 0) is 0 Å². The van der Waals surface area contributed by atoms with E-state index in [1.54, 1.807) is 0 Å². The van der Waals surface area contributed by atoms with Crippen molar-refractivity contribution in [3.05, 3.63) is 0 Å². The molecule has 10 nitrogen and oxygen atoms in total. The summed E-state index contributed by atoms with van der Waals surface area (Å²) in [6.07, 6.45) is -1.76. The topological polar surface area (TPSA) is 92.3 Å². The highest BCUT2D eigenvalue weighted by molar-refractivity contribution is 8.69. The van der Waals surface area contributed by atoms with Crippen LogP contribution >= 0.6 is 35.4 Å². The van der Waals surface area contributed by atoms with Crippen molar-refractivity contribution in [1.82, 2.24) is 0 Å². The van der Waals surface area contributed by atoms with Crippen LogP contribution in [0.25, 0.3) is 0 Å². The molecule has 0 aromatic heterocycles. The van der Waals surface area contributed by atoms with Gasteiger partial charge in [-0.15, -0.1) is 24.5 Å². The Morgan fingerprint density at radius 2 is 1.06 bits per heavy atom. The van der Waals surface area contributed by atoms with Crippen molar-refractivity contribution in [2.24, 2.45) is 0 Å². The highest BCUT2D eigenvalue weighted by Gasteiger charge is 2.52. The van der Waals surface area contributed by atoms with Crippen LogP contribution in [0, 0.1) is 0 Å². The standard InChI is InChI=1S/C15H28B2O10P2S4/c1-18-14-24-8-6(22-12(16)10(8)26-14)3-20-28(30,31)5-29(32,33)21-4-7-9-11(13(17)23-7)27-15(19-2)25-9/h6-15H,3-5,16-17H2,1-2H3,(H,30,31)(H,32,33)/t6-,7+,8+,9?,10?,11-,12-,13+,14?,15?/m0/s1. The number of methoxy groups -OCH3 is 2. The van der Waals surface area contributed by atoms with Crippen molar-refractivity contribution in [3.63, 3.8) is 0 Å². The number of ether oxygens (including phenoxy) is 8. The first-order valence-corrected chi connectivity index (χ1v) is 18.5. The lowest BCUT2D eigenvalue weighted by Crippen LogP contribution is -2.32. The predicted octanol–water partition coefficient (Wildman–Crippen LogP) is -0.400. The van der Waals surface area contributed by atoms with E-state index in [2.05, 4.69) is 24.5 Å². The summed E-state index contributed by atoms with van der Waals surface area (Å²) in [5.41, 5.74) is -5.22. The molecule has 33 heavy (non-hydrogen) atoms. The molecule has 4 rings (SSSR count). The molecule has 4 heterocycles. The van der Waals surface area contributed by atoms with Crippen molar-refractivity contribution >= 4 is 74.7 Å². The fourth-order valence-corrected chi connectivity index (χ4v) is 17.5. The summed E-state index contributed by atoms with van der Waals surface area (Å²) in [7, 11) is 6.88. The van der Waals surface area contributed by atoms with Gasteiger partial charge in [0.15, 0.2) is 0 Å². The van der Waals surface area contributed by atoms with Crippen LogP contribution in [0.1, 0.15) is 0 Å². The predicted molar refractivity (Wildman–Crippen MR) is 139 cm³/mol. The van der Waals surface area contributed by atoms with Crippen molar-refractivity contribution < 1.29 is 46.9 Å². The van der Waals surface area contributed by atoms with E-state index in [-0.39, 0.29) is 67.7 Å². The van der Waals surface area contributed by atoms with E-state index in [0.29, 0.717) is 0 Å². The Morgan fingerprint density at radius 3 is 1.42 bits per heavy atom. The van der Waals surface area contributed by atoms with Crippen LogP contribution in [0.15, 0.2) is 0 Å². The maximum atomic E-state index is 5.99. The van der Waals surface area contributed by atoms with Gasteiger partial charge in [-0.1, -0.05) is 23.6 Å². The summed E-state index contributed by atoms with van der Waals surface area (Å²) < 4.78 is 56.9. The molecule has 0 bridgehead atoms. The second-order valence-corrected chi connectivity index (χ2v) is 21.5. The largest absolute Gasteiger partial charge is 0.376 e. The normalized spacial score (nSPS) is 46.1. The summed E-state index contributed by atoms with van der Waals surface area (Å²) >= 11 is 20.5. The van der Waals surface area contributed by atoms with Gasteiger partial charge in [0.1, 0.15) is 63.2 Å². The Hall–Kier alpha value is 1.73. The Morgan fingerprint density at radius 1 is 0.697 bits per heavy atom. The Kier molecular flexibility index (Phi) is 9.44. The van der Waals surface area contributed by atoms with Gasteiger partial charge >= 0.3 is 0 Å². The maximum absolute atomic E-state index is 5.99. The molecule has 0 aromatic carbocycles. The number of hydrogen-bond donors (Lipinski definition) is 2. The minimum absolute atomic E-state index is 0.155. The molecule has 4 aliphatic rings. The van der Waals surface area contributed by atoms with Crippen LogP contribution in [0.4, 0.5) is 0 Å². The summed E-state index contributed by atoms with van der Waals surface area (Å²) in [4.78, 5) is 0. The highest BCUT2D eigenvalue weighted by atomic mass is 32.9. The van der Waals surface area contributed by atoms with Crippen LogP contribution in [-0.2, 0) is 70.6 Å². The van der Waals surface area contributed by atoms with Crippen LogP contribution in [-0.4, -0.2) is 111 Å². The van der Waals surface area contributed by atoms with Crippen molar-refractivity contribution in [1.29, 1.82) is 0 Å². The van der Waals surface area contributed by atoms with Crippen molar-refractivity contribution in [2.45, 2.75) is 61.6 Å². The molecular formula is C15H28B2O10P2S4. The first kappa shape index (κ1) is 27.8. The minimum atomic E-state index is -2.61. The molecule has 0 spiro atoms. The lowest BCUT2D eigenvalue weighted by atomic mass is 9.93. The molecule has 0 aromatic rings. The average Bonchev–Trinajstić information content (AvgIpc) is 3.47. The maximum Gasteiger partial charge on any atom is 0.272 e. The number of rotatable bonds is 10. The molecule has 0 radical (unpaired) electrons. The summed E-state index contributed by atoms with van der Waals surface area (Å²) in [5, 5.41) is 0. The Labute approximate surface area is 215 Å². The quantitative estimate of drug-likeness (QED) is 0.200. The van der Waals surface area contributed by atoms with Gasteiger partial charge in [0, 0.05) is 14.2 Å². The van der Waals surface area contributed by atoms with Gasteiger partial charge in [0.25, 0.3) is 13.0 Å². The van der Waals surface area contributed by atoms with Gasteiger partial charge in [-0.3, -0.25) is 0 Å². The van der Waals surface area contributed by atoms with E-state index in [4.69, 9.17) is 70.6 Å². The number of fused-ring (bicyclic) bond motifs is 2. The molecule has 4 fully saturated rings. The fraction of sp³-hybridized carbons (Fsp3) is 1.00. The lowest BCUT2D eigenvalue weighted by molar-refractivity contribution is -0.247. The third-order valence-electron chi connectivity index (χ3n) is 5.78. The molecule has 18 heteroatoms. The molecule has 0 aliphatic carbocycles. The monoisotopic (exact) mass is 580 g/mol. The highest BCUT2D eigenvalue weighted by Crippen LogP contribution is 2.68. The molecule has 0 amide bonds. The van der Waals surface area contributed by atoms with Gasteiger partial charge in [0.05, 0.1) is 31.1 Å². The zero-order valence-electron chi connectivity index (χ0n) is 18.6. The van der Waals surface area contributed by atoms with E-state index in [1.807, 2.05) is 15.7 Å². The molecule has 188 valence electrons. The third kappa shape index (κ3) is 6.60. The lowest BCUT2D eigenvalue weighted by Gasteiger charge is -2.27. The van der Waals surface area contributed by atoms with Crippen molar-refractivity contribution in [3.8, 4) is 0 Å². The molecule has 0 N–H and O–H groups in total. The van der Waals surface area contributed by atoms with Gasteiger partial charge in [-0.25, -0.2) is 0 Å². The van der Waals surface area contributed by atoms with Gasteiger partial charge < -0.3 is 46.9 Å². The molecule has 6 unspecified atom stereocenters. The van der Waals surface area contributed by atoms with E-state index >= 15 is 0 Å². The van der Waals surface area contributed by atoms with Crippen LogP contribution in [0.5, 0.6) is 0 Å². The summed E-state index contributed by atoms with van der Waals surface area (Å²) in [6, 6.07) is -0.310. The second-order valence-electron chi connectivity index (χ2n) is 8.22. The fourth-order valence-electron chi connectivity index (χ4n) is 4.28. The van der Waals surface area contributed by atoms with Crippen molar-refractivity contribution in [2.75, 3.05) is 33.3 Å². The summed E-state index contributed by atoms with van der Waals surface area (Å²) in [5.74, 6) is 0.250. The van der Waals surface area contributed by atoms with E-state index < -0.39 is 23.9 Å².